The van der Waals surface area contributed by atoms with Gasteiger partial charge in [0.15, 0.2) is 0 Å². The minimum absolute atomic E-state index is 0.0501. The molecule has 4 heterocycles. The molecule has 2 saturated heterocycles. The smallest absolute Gasteiger partial charge is 0.252 e. The Morgan fingerprint density at radius 1 is 1.12 bits per heavy atom. The number of fused-ring (bicyclic) bond motifs is 1. The molecule has 0 radical (unpaired) electrons. The molecule has 2 atom stereocenters. The highest BCUT2D eigenvalue weighted by Crippen LogP contribution is 2.39. The van der Waals surface area contributed by atoms with Gasteiger partial charge in [-0.25, -0.2) is 17.7 Å². The maximum absolute atomic E-state index is 12.8. The van der Waals surface area contributed by atoms with Crippen LogP contribution in [0.25, 0.3) is 11.0 Å². The summed E-state index contributed by atoms with van der Waals surface area (Å²) in [5.41, 5.74) is -0.618. The molecular weight excluding hydrogens is 456 g/mol. The number of piperidine rings is 1. The number of rotatable bonds is 6. The Bertz CT molecular complexity index is 1200. The molecular formula is C23H34N6O4S. The van der Waals surface area contributed by atoms with Gasteiger partial charge in [0.2, 0.25) is 16.0 Å². The quantitative estimate of drug-likeness (QED) is 0.625. The van der Waals surface area contributed by atoms with Gasteiger partial charge in [0.05, 0.1) is 11.6 Å². The van der Waals surface area contributed by atoms with Gasteiger partial charge in [-0.15, -0.1) is 0 Å². The Kier molecular flexibility index (Phi) is 6.38. The summed E-state index contributed by atoms with van der Waals surface area (Å²) in [6, 6.07) is 2.95. The van der Waals surface area contributed by atoms with Crippen molar-refractivity contribution in [2.75, 3.05) is 37.4 Å². The summed E-state index contributed by atoms with van der Waals surface area (Å²) in [5, 5.41) is 14.9. The van der Waals surface area contributed by atoms with Crippen LogP contribution in [0.2, 0.25) is 0 Å². The first-order valence-electron chi connectivity index (χ1n) is 12.3. The van der Waals surface area contributed by atoms with Gasteiger partial charge in [-0.2, -0.15) is 4.98 Å². The highest BCUT2D eigenvalue weighted by atomic mass is 32.2. The zero-order chi connectivity index (χ0) is 23.9. The second-order valence-electron chi connectivity index (χ2n) is 10.2. The van der Waals surface area contributed by atoms with E-state index < -0.39 is 15.6 Å². The first-order valence-corrected chi connectivity index (χ1v) is 13.9. The Labute approximate surface area is 200 Å². The molecule has 3 aliphatic rings. The van der Waals surface area contributed by atoms with E-state index in [0.717, 1.165) is 44.2 Å². The van der Waals surface area contributed by atoms with Crippen molar-refractivity contribution in [1.82, 2.24) is 23.7 Å². The number of sulfonamides is 1. The van der Waals surface area contributed by atoms with E-state index in [1.165, 1.54) is 6.07 Å². The van der Waals surface area contributed by atoms with Crippen molar-refractivity contribution in [3.05, 3.63) is 28.7 Å². The maximum Gasteiger partial charge on any atom is 0.252 e. The highest BCUT2D eigenvalue weighted by Gasteiger charge is 2.39. The number of aromatic nitrogens is 3. The average molecular weight is 491 g/mol. The van der Waals surface area contributed by atoms with Gasteiger partial charge in [-0.05, 0) is 71.0 Å². The standard InChI is InChI=1S/C23H34N6O4S/c1-23(31)10-4-5-19(23)29-20(30)7-6-17-15-24-22(26-21(17)29)25-18-8-13-28(14-9-18)34(32,33)16-27-11-2-3-12-27/h6-7,15,18-19,31H,2-5,8-14,16H2,1H3,(H,24,25,26)/t19-,23-/m1/s1. The van der Waals surface area contributed by atoms with E-state index in [-0.39, 0.29) is 23.5 Å². The maximum atomic E-state index is 12.8. The zero-order valence-corrected chi connectivity index (χ0v) is 20.5. The molecule has 1 saturated carbocycles. The molecule has 34 heavy (non-hydrogen) atoms. The molecule has 0 amide bonds. The van der Waals surface area contributed by atoms with Gasteiger partial charge < -0.3 is 10.4 Å². The fourth-order valence-corrected chi connectivity index (χ4v) is 7.28. The van der Waals surface area contributed by atoms with Crippen molar-refractivity contribution in [3.8, 4) is 0 Å². The molecule has 0 spiro atoms. The second-order valence-corrected chi connectivity index (χ2v) is 12.1. The molecule has 2 aromatic rings. The molecule has 2 aromatic heterocycles. The third kappa shape index (κ3) is 4.71. The summed E-state index contributed by atoms with van der Waals surface area (Å²) in [7, 11) is -3.28. The third-order valence-electron chi connectivity index (χ3n) is 7.58. The van der Waals surface area contributed by atoms with Crippen LogP contribution in [0.3, 0.4) is 0 Å². The normalized spacial score (nSPS) is 27.5. The Hall–Kier alpha value is -2.08. The predicted molar refractivity (Wildman–Crippen MR) is 130 cm³/mol. The summed E-state index contributed by atoms with van der Waals surface area (Å²) in [4.78, 5) is 23.9. The second kappa shape index (κ2) is 9.18. The lowest BCUT2D eigenvalue weighted by atomic mass is 10.00. The number of nitrogens with zero attached hydrogens (tertiary/aromatic N) is 5. The first-order chi connectivity index (χ1) is 16.2. The average Bonchev–Trinajstić information content (AvgIpc) is 3.42. The molecule has 2 aliphatic heterocycles. The van der Waals surface area contributed by atoms with Crippen LogP contribution in [0.1, 0.15) is 57.9 Å². The van der Waals surface area contributed by atoms with Gasteiger partial charge in [-0.1, -0.05) is 0 Å². The summed E-state index contributed by atoms with van der Waals surface area (Å²) in [5.74, 6) is 0.532. The lowest BCUT2D eigenvalue weighted by Gasteiger charge is -2.32. The van der Waals surface area contributed by atoms with E-state index in [9.17, 15) is 18.3 Å². The van der Waals surface area contributed by atoms with Gasteiger partial charge >= 0.3 is 0 Å². The topological polar surface area (TPSA) is 121 Å². The molecule has 0 aromatic carbocycles. The first kappa shape index (κ1) is 23.7. The fraction of sp³-hybridized carbons (Fsp3) is 0.696. The van der Waals surface area contributed by atoms with Gasteiger partial charge in [0.25, 0.3) is 5.56 Å². The number of hydrogen-bond acceptors (Lipinski definition) is 8. The van der Waals surface area contributed by atoms with Crippen molar-refractivity contribution in [2.24, 2.45) is 0 Å². The third-order valence-corrected chi connectivity index (χ3v) is 9.43. The number of hydrogen-bond donors (Lipinski definition) is 2. The van der Waals surface area contributed by atoms with Crippen molar-refractivity contribution < 1.29 is 13.5 Å². The van der Waals surface area contributed by atoms with Crippen LogP contribution >= 0.6 is 0 Å². The molecule has 11 heteroatoms. The van der Waals surface area contributed by atoms with Crippen LogP contribution in [-0.4, -0.2) is 81.0 Å². The Morgan fingerprint density at radius 3 is 2.53 bits per heavy atom. The Morgan fingerprint density at radius 2 is 1.85 bits per heavy atom. The van der Waals surface area contributed by atoms with Crippen LogP contribution < -0.4 is 10.9 Å². The van der Waals surface area contributed by atoms with Crippen molar-refractivity contribution >= 4 is 27.0 Å². The molecule has 10 nitrogen and oxygen atoms in total. The van der Waals surface area contributed by atoms with E-state index in [4.69, 9.17) is 0 Å². The van der Waals surface area contributed by atoms with Crippen LogP contribution in [0.15, 0.2) is 23.1 Å². The van der Waals surface area contributed by atoms with E-state index in [1.807, 2.05) is 4.90 Å². The highest BCUT2D eigenvalue weighted by molar-refractivity contribution is 7.89. The van der Waals surface area contributed by atoms with Crippen LogP contribution in [0.4, 0.5) is 5.95 Å². The number of aliphatic hydroxyl groups is 1. The predicted octanol–water partition coefficient (Wildman–Crippen LogP) is 1.53. The fourth-order valence-electron chi connectivity index (χ4n) is 5.63. The minimum atomic E-state index is -3.28. The number of anilines is 1. The van der Waals surface area contributed by atoms with Crippen molar-refractivity contribution in [1.29, 1.82) is 0 Å². The molecule has 1 aliphatic carbocycles. The number of nitrogens with one attached hydrogen (secondary N) is 1. The van der Waals surface area contributed by atoms with Crippen LogP contribution in [-0.2, 0) is 10.0 Å². The van der Waals surface area contributed by atoms with Gasteiger partial charge in [-0.3, -0.25) is 14.3 Å². The van der Waals surface area contributed by atoms with E-state index >= 15 is 0 Å². The monoisotopic (exact) mass is 490 g/mol. The largest absolute Gasteiger partial charge is 0.388 e. The van der Waals surface area contributed by atoms with Crippen LogP contribution in [0, 0.1) is 0 Å². The molecule has 0 unspecified atom stereocenters. The molecule has 186 valence electrons. The molecule has 0 bridgehead atoms. The van der Waals surface area contributed by atoms with E-state index in [2.05, 4.69) is 15.3 Å². The lowest BCUT2D eigenvalue weighted by Crippen LogP contribution is -2.45. The molecule has 2 N–H and O–H groups in total. The van der Waals surface area contributed by atoms with Crippen molar-refractivity contribution in [2.45, 2.75) is 69.6 Å². The SMILES string of the molecule is C[C@@]1(O)CCC[C@H]1n1c(=O)ccc2cnc(NC3CCN(S(=O)(=O)CN4CCCC4)CC3)nc21. The van der Waals surface area contributed by atoms with E-state index in [0.29, 0.717) is 43.9 Å². The van der Waals surface area contributed by atoms with Gasteiger partial charge in [0.1, 0.15) is 11.5 Å². The van der Waals surface area contributed by atoms with Gasteiger partial charge in [0, 0.05) is 36.8 Å². The summed E-state index contributed by atoms with van der Waals surface area (Å²) in [6.45, 7) is 4.44. The van der Waals surface area contributed by atoms with E-state index in [1.54, 1.807) is 28.1 Å². The Balaban J connectivity index is 1.29. The number of likely N-dealkylation sites (tertiary alicyclic amines) is 1. The van der Waals surface area contributed by atoms with Crippen molar-refractivity contribution in [3.63, 3.8) is 0 Å². The lowest BCUT2D eigenvalue weighted by molar-refractivity contribution is 0.0267. The summed E-state index contributed by atoms with van der Waals surface area (Å²) >= 11 is 0. The summed E-state index contributed by atoms with van der Waals surface area (Å²) < 4.78 is 28.8. The summed E-state index contributed by atoms with van der Waals surface area (Å²) in [6.07, 6.45) is 7.40. The number of pyridine rings is 1. The molecule has 5 rings (SSSR count). The molecule has 3 fully saturated rings. The zero-order valence-electron chi connectivity index (χ0n) is 19.7. The minimum Gasteiger partial charge on any atom is -0.388 e. The van der Waals surface area contributed by atoms with Crippen LogP contribution in [0.5, 0.6) is 0 Å².